The van der Waals surface area contributed by atoms with Gasteiger partial charge in [-0.15, -0.1) is 11.8 Å². The lowest BCUT2D eigenvalue weighted by Crippen LogP contribution is -2.21. The van der Waals surface area contributed by atoms with Crippen LogP contribution in [0.5, 0.6) is 0 Å². The van der Waals surface area contributed by atoms with Gasteiger partial charge in [0.2, 0.25) is 0 Å². The maximum Gasteiger partial charge on any atom is 0.339 e. The van der Waals surface area contributed by atoms with Crippen LogP contribution < -0.4 is 5.32 Å². The first-order chi connectivity index (χ1) is 13.3. The van der Waals surface area contributed by atoms with Crippen LogP contribution in [0.15, 0.2) is 47.4 Å². The molecule has 1 N–H and O–H groups in total. The van der Waals surface area contributed by atoms with Gasteiger partial charge in [0.05, 0.1) is 16.2 Å². The molecule has 0 saturated heterocycles. The highest BCUT2D eigenvalue weighted by Gasteiger charge is 2.16. The Balaban J connectivity index is 1.97. The van der Waals surface area contributed by atoms with Crippen LogP contribution in [-0.2, 0) is 14.3 Å². The minimum absolute atomic E-state index is 0.0222. The molecule has 0 aliphatic heterocycles. The van der Waals surface area contributed by atoms with Crippen molar-refractivity contribution in [1.82, 2.24) is 0 Å². The molecule has 0 radical (unpaired) electrons. The highest BCUT2D eigenvalue weighted by Crippen LogP contribution is 2.24. The number of thioether (sulfide) groups is 1. The summed E-state index contributed by atoms with van der Waals surface area (Å²) in [5.41, 5.74) is 1.10. The molecule has 0 aliphatic rings. The number of hydrogen-bond acceptors (Lipinski definition) is 7. The van der Waals surface area contributed by atoms with E-state index in [-0.39, 0.29) is 22.8 Å². The van der Waals surface area contributed by atoms with E-state index in [1.807, 2.05) is 0 Å². The van der Waals surface area contributed by atoms with E-state index in [1.165, 1.54) is 36.9 Å². The molecular formula is C19H18N2O6S. The predicted molar refractivity (Wildman–Crippen MR) is 105 cm³/mol. The number of non-ortho nitro benzene ring substituents is 1. The van der Waals surface area contributed by atoms with Crippen molar-refractivity contribution < 1.29 is 24.0 Å². The number of hydrogen-bond donors (Lipinski definition) is 1. The quantitative estimate of drug-likeness (QED) is 0.311. The van der Waals surface area contributed by atoms with Crippen molar-refractivity contribution in [3.63, 3.8) is 0 Å². The molecule has 0 bridgehead atoms. The number of esters is 1. The summed E-state index contributed by atoms with van der Waals surface area (Å²) in [4.78, 5) is 46.3. The zero-order chi connectivity index (χ0) is 20.7. The van der Waals surface area contributed by atoms with Gasteiger partial charge in [0.1, 0.15) is 5.78 Å². The fraction of sp³-hybridized carbons (Fsp3) is 0.211. The number of carbonyl (C=O) groups excluding carboxylic acids is 3. The molecule has 0 spiro atoms. The fourth-order valence-electron chi connectivity index (χ4n) is 2.24. The third-order valence-corrected chi connectivity index (χ3v) is 4.79. The van der Waals surface area contributed by atoms with Crippen molar-refractivity contribution in [1.29, 1.82) is 0 Å². The van der Waals surface area contributed by atoms with Crippen LogP contribution in [0, 0.1) is 17.0 Å². The maximum absolute atomic E-state index is 12.3. The number of nitrogens with zero attached hydrogens (tertiary/aromatic N) is 1. The van der Waals surface area contributed by atoms with Crippen molar-refractivity contribution in [3.8, 4) is 0 Å². The second-order valence-corrected chi connectivity index (χ2v) is 6.88. The Hall–Kier alpha value is -3.20. The molecule has 0 saturated carbocycles. The molecule has 9 heteroatoms. The van der Waals surface area contributed by atoms with Crippen LogP contribution in [0.25, 0.3) is 0 Å². The van der Waals surface area contributed by atoms with Gasteiger partial charge in [-0.1, -0.05) is 12.1 Å². The molecule has 8 nitrogen and oxygen atoms in total. The van der Waals surface area contributed by atoms with Gasteiger partial charge >= 0.3 is 5.97 Å². The van der Waals surface area contributed by atoms with Crippen LogP contribution in [-0.4, -0.2) is 34.9 Å². The Labute approximate surface area is 165 Å². The van der Waals surface area contributed by atoms with Crippen molar-refractivity contribution >= 4 is 40.8 Å². The molecule has 0 aromatic heterocycles. The van der Waals surface area contributed by atoms with Crippen molar-refractivity contribution in [3.05, 3.63) is 63.7 Å². The van der Waals surface area contributed by atoms with E-state index >= 15 is 0 Å². The summed E-state index contributed by atoms with van der Waals surface area (Å²) in [6.07, 6.45) is 0. The molecule has 2 aromatic carbocycles. The lowest BCUT2D eigenvalue weighted by Gasteiger charge is -2.10. The molecule has 2 aromatic rings. The Morgan fingerprint density at radius 3 is 2.54 bits per heavy atom. The van der Waals surface area contributed by atoms with Gasteiger partial charge in [0.15, 0.2) is 6.61 Å². The number of ether oxygens (including phenoxy) is 1. The Kier molecular flexibility index (Phi) is 7.28. The van der Waals surface area contributed by atoms with Crippen molar-refractivity contribution in [2.75, 3.05) is 17.7 Å². The molecule has 0 heterocycles. The molecule has 0 unspecified atom stereocenters. The molecular weight excluding hydrogens is 384 g/mol. The average Bonchev–Trinajstić information content (AvgIpc) is 2.66. The van der Waals surface area contributed by atoms with Gasteiger partial charge < -0.3 is 10.1 Å². The standard InChI is InChI=1S/C19H18N2O6S/c1-12-9-14(21(25)26)7-8-16(12)20-18(23)10-27-19(24)15-5-3-4-6-17(15)28-11-13(2)22/h3-9H,10-11H2,1-2H3,(H,20,23). The van der Waals surface area contributed by atoms with Crippen LogP contribution in [0.4, 0.5) is 11.4 Å². The topological polar surface area (TPSA) is 116 Å². The zero-order valence-electron chi connectivity index (χ0n) is 15.3. The van der Waals surface area contributed by atoms with Gasteiger partial charge in [-0.3, -0.25) is 19.7 Å². The van der Waals surface area contributed by atoms with Crippen molar-refractivity contribution in [2.45, 2.75) is 18.7 Å². The first kappa shape index (κ1) is 21.1. The molecule has 2 rings (SSSR count). The van der Waals surface area contributed by atoms with Crippen LogP contribution in [0.3, 0.4) is 0 Å². The molecule has 28 heavy (non-hydrogen) atoms. The van der Waals surface area contributed by atoms with E-state index in [0.29, 0.717) is 16.1 Å². The summed E-state index contributed by atoms with van der Waals surface area (Å²) >= 11 is 1.22. The number of benzene rings is 2. The maximum atomic E-state index is 12.3. The van der Waals surface area contributed by atoms with E-state index in [1.54, 1.807) is 31.2 Å². The summed E-state index contributed by atoms with van der Waals surface area (Å²) in [6, 6.07) is 10.7. The van der Waals surface area contributed by atoms with E-state index in [2.05, 4.69) is 5.32 Å². The minimum atomic E-state index is -0.678. The first-order valence-electron chi connectivity index (χ1n) is 8.21. The van der Waals surface area contributed by atoms with E-state index < -0.39 is 23.4 Å². The third-order valence-electron chi connectivity index (χ3n) is 3.57. The highest BCUT2D eigenvalue weighted by molar-refractivity contribution is 8.00. The van der Waals surface area contributed by atoms with Gasteiger partial charge in [0.25, 0.3) is 11.6 Å². The van der Waals surface area contributed by atoms with E-state index in [4.69, 9.17) is 4.74 Å². The highest BCUT2D eigenvalue weighted by atomic mass is 32.2. The van der Waals surface area contributed by atoms with Gasteiger partial charge in [-0.2, -0.15) is 0 Å². The average molecular weight is 402 g/mol. The summed E-state index contributed by atoms with van der Waals surface area (Å²) in [6.45, 7) is 2.57. The number of rotatable bonds is 8. The third kappa shape index (κ3) is 5.92. The van der Waals surface area contributed by atoms with Crippen LogP contribution >= 0.6 is 11.8 Å². The number of ketones is 1. The number of Topliss-reactive ketones (excluding diaryl/α,β-unsaturated/α-hetero) is 1. The second-order valence-electron chi connectivity index (χ2n) is 5.87. The minimum Gasteiger partial charge on any atom is -0.452 e. The molecule has 0 fully saturated rings. The van der Waals surface area contributed by atoms with Crippen LogP contribution in [0.2, 0.25) is 0 Å². The summed E-state index contributed by atoms with van der Waals surface area (Å²) < 4.78 is 5.05. The summed E-state index contributed by atoms with van der Waals surface area (Å²) in [5, 5.41) is 13.3. The lowest BCUT2D eigenvalue weighted by molar-refractivity contribution is -0.384. The largest absolute Gasteiger partial charge is 0.452 e. The SMILES string of the molecule is CC(=O)CSc1ccccc1C(=O)OCC(=O)Nc1ccc([N+](=O)[O-])cc1C. The number of anilines is 1. The number of nitro benzene ring substituents is 1. The Morgan fingerprint density at radius 1 is 1.18 bits per heavy atom. The molecule has 146 valence electrons. The fourth-order valence-corrected chi connectivity index (χ4v) is 3.08. The number of nitro groups is 1. The molecule has 0 atom stereocenters. The van der Waals surface area contributed by atoms with Gasteiger partial charge in [0, 0.05) is 22.7 Å². The number of aryl methyl sites for hydroxylation is 1. The van der Waals surface area contributed by atoms with Crippen molar-refractivity contribution in [2.24, 2.45) is 0 Å². The summed E-state index contributed by atoms with van der Waals surface area (Å²) in [7, 11) is 0. The molecule has 1 amide bonds. The zero-order valence-corrected chi connectivity index (χ0v) is 16.1. The number of nitrogens with one attached hydrogen (secondary N) is 1. The lowest BCUT2D eigenvalue weighted by atomic mass is 10.2. The number of carbonyl (C=O) groups is 3. The molecule has 0 aliphatic carbocycles. The monoisotopic (exact) mass is 402 g/mol. The van der Waals surface area contributed by atoms with Gasteiger partial charge in [-0.25, -0.2) is 4.79 Å². The normalized spacial score (nSPS) is 10.2. The second kappa shape index (κ2) is 9.65. The van der Waals surface area contributed by atoms with E-state index in [9.17, 15) is 24.5 Å². The first-order valence-corrected chi connectivity index (χ1v) is 9.19. The smallest absolute Gasteiger partial charge is 0.339 e. The predicted octanol–water partition coefficient (Wildman–Crippen LogP) is 3.38. The Morgan fingerprint density at radius 2 is 1.89 bits per heavy atom. The van der Waals surface area contributed by atoms with E-state index in [0.717, 1.165) is 0 Å². The number of amides is 1. The van der Waals surface area contributed by atoms with Crippen LogP contribution in [0.1, 0.15) is 22.8 Å². The summed E-state index contributed by atoms with van der Waals surface area (Å²) in [5.74, 6) is -1.04. The van der Waals surface area contributed by atoms with Gasteiger partial charge in [-0.05, 0) is 37.6 Å². The Bertz CT molecular complexity index is 928.